The minimum absolute atomic E-state index is 0.797. The van der Waals surface area contributed by atoms with Crippen molar-refractivity contribution in [2.45, 2.75) is 13.3 Å². The lowest BCUT2D eigenvalue weighted by Crippen LogP contribution is -1.57. The molecule has 0 aliphatic rings. The van der Waals surface area contributed by atoms with Gasteiger partial charge < -0.3 is 0 Å². The Bertz CT molecular complexity index is 55.0. The minimum atomic E-state index is 0.797. The lowest BCUT2D eigenvalue weighted by Gasteiger charge is -1.66. The Hall–Kier alpha value is -0.170. The van der Waals surface area contributed by atoms with E-state index in [0.29, 0.717) is 0 Å². The zero-order valence-electron chi connectivity index (χ0n) is 3.77. The first-order chi connectivity index (χ1) is 2.91. The highest BCUT2D eigenvalue weighted by Crippen LogP contribution is 1.74. The lowest BCUT2D eigenvalue weighted by molar-refractivity contribution is 1.53. The molecule has 0 saturated heterocycles. The molecule has 0 rings (SSSR count). The van der Waals surface area contributed by atoms with Crippen molar-refractivity contribution in [1.82, 2.24) is 0 Å². The second-order valence-corrected chi connectivity index (χ2v) is 1.21. The molecule has 0 atom stereocenters. The minimum Gasteiger partial charge on any atom is -0.0913 e. The van der Waals surface area contributed by atoms with E-state index in [1.165, 1.54) is 0 Å². The Morgan fingerprint density at radius 1 is 1.83 bits per heavy atom. The second-order valence-electron chi connectivity index (χ2n) is 0.917. The molecule has 1 radical (unpaired) electrons. The highest BCUT2D eigenvalue weighted by atomic mass is 32.1. The summed E-state index contributed by atoms with van der Waals surface area (Å²) < 4.78 is 0. The van der Waals surface area contributed by atoms with Gasteiger partial charge in [-0.1, -0.05) is 24.4 Å². The molecule has 0 spiro atoms. The molecule has 0 aromatic heterocycles. The van der Waals surface area contributed by atoms with Gasteiger partial charge in [-0.15, -0.1) is 0 Å². The van der Waals surface area contributed by atoms with E-state index < -0.39 is 0 Å². The van der Waals surface area contributed by atoms with Gasteiger partial charge in [-0.2, -0.15) is 0 Å². The zero-order chi connectivity index (χ0) is 4.83. The standard InChI is InChI=1S/C5H7S/c1-2-3-4-5-6/h2-3H,4H2,1H3. The molecule has 0 aliphatic heterocycles. The summed E-state index contributed by atoms with van der Waals surface area (Å²) in [4.78, 5) is 0. The van der Waals surface area contributed by atoms with Crippen molar-refractivity contribution in [2.24, 2.45) is 0 Å². The maximum absolute atomic E-state index is 4.42. The molecule has 0 bridgehead atoms. The van der Waals surface area contributed by atoms with E-state index >= 15 is 0 Å². The molecule has 0 aromatic carbocycles. The van der Waals surface area contributed by atoms with Crippen LogP contribution in [0.15, 0.2) is 12.2 Å². The zero-order valence-corrected chi connectivity index (χ0v) is 4.59. The average Bonchev–Trinajstić information content (AvgIpc) is 1.61. The monoisotopic (exact) mass is 99.0 g/mol. The Morgan fingerprint density at radius 2 is 2.50 bits per heavy atom. The van der Waals surface area contributed by atoms with Crippen LogP contribution in [0.5, 0.6) is 0 Å². The van der Waals surface area contributed by atoms with Crippen LogP contribution in [0.4, 0.5) is 0 Å². The smallest absolute Gasteiger partial charge is 0.0332 e. The van der Waals surface area contributed by atoms with Gasteiger partial charge in [0.1, 0.15) is 0 Å². The van der Waals surface area contributed by atoms with Gasteiger partial charge in [0.25, 0.3) is 0 Å². The first-order valence-electron chi connectivity index (χ1n) is 1.88. The summed E-state index contributed by atoms with van der Waals surface area (Å²) in [7, 11) is 0. The third-order valence-corrected chi connectivity index (χ3v) is 0.604. The highest BCUT2D eigenvalue weighted by molar-refractivity contribution is 7.78. The summed E-state index contributed by atoms with van der Waals surface area (Å²) in [5, 5.41) is 2.57. The third-order valence-electron chi connectivity index (χ3n) is 0.437. The summed E-state index contributed by atoms with van der Waals surface area (Å²) in [6.07, 6.45) is 4.72. The first kappa shape index (κ1) is 5.83. The predicted octanol–water partition coefficient (Wildman–Crippen LogP) is 1.83. The van der Waals surface area contributed by atoms with E-state index in [0.717, 1.165) is 6.42 Å². The van der Waals surface area contributed by atoms with Gasteiger partial charge >= 0.3 is 0 Å². The number of thiocarbonyl (C=S) groups is 1. The van der Waals surface area contributed by atoms with E-state index in [4.69, 9.17) is 0 Å². The molecular formula is C5H7S. The normalized spacial score (nSPS) is 9.50. The molecule has 33 valence electrons. The second kappa shape index (κ2) is 4.83. The first-order valence-corrected chi connectivity index (χ1v) is 2.28. The van der Waals surface area contributed by atoms with Crippen molar-refractivity contribution in [1.29, 1.82) is 0 Å². The van der Waals surface area contributed by atoms with Gasteiger partial charge in [0, 0.05) is 11.8 Å². The molecular weight excluding hydrogens is 92.1 g/mol. The fourth-order valence-corrected chi connectivity index (χ4v) is 0.262. The van der Waals surface area contributed by atoms with Crippen LogP contribution in [0, 0.1) is 0 Å². The van der Waals surface area contributed by atoms with Crippen LogP contribution in [-0.2, 0) is 0 Å². The molecule has 0 aromatic rings. The van der Waals surface area contributed by atoms with E-state index in [-0.39, 0.29) is 0 Å². The number of hydrogen-bond donors (Lipinski definition) is 0. The Balaban J connectivity index is 2.85. The number of allylic oxidation sites excluding steroid dienone is 2. The van der Waals surface area contributed by atoms with E-state index in [1.807, 2.05) is 19.1 Å². The summed E-state index contributed by atoms with van der Waals surface area (Å²) in [5.41, 5.74) is 0. The summed E-state index contributed by atoms with van der Waals surface area (Å²) in [6, 6.07) is 0. The molecule has 0 N–H and O–H groups in total. The molecule has 6 heavy (non-hydrogen) atoms. The van der Waals surface area contributed by atoms with Crippen LogP contribution in [0.3, 0.4) is 0 Å². The maximum Gasteiger partial charge on any atom is 0.0332 e. The molecule has 0 aliphatic carbocycles. The molecule has 1 heteroatoms. The Morgan fingerprint density at radius 3 is 2.67 bits per heavy atom. The Kier molecular flexibility index (Phi) is 4.69. The van der Waals surface area contributed by atoms with Crippen LogP contribution in [0.1, 0.15) is 13.3 Å². The molecule has 0 unspecified atom stereocenters. The fraction of sp³-hybridized carbons (Fsp3) is 0.400. The van der Waals surface area contributed by atoms with Gasteiger partial charge in [-0.25, -0.2) is 0 Å². The van der Waals surface area contributed by atoms with Crippen LogP contribution < -0.4 is 0 Å². The van der Waals surface area contributed by atoms with E-state index in [2.05, 4.69) is 17.6 Å². The van der Waals surface area contributed by atoms with Gasteiger partial charge in [0.2, 0.25) is 0 Å². The average molecular weight is 99.2 g/mol. The van der Waals surface area contributed by atoms with Gasteiger partial charge in [0.05, 0.1) is 0 Å². The van der Waals surface area contributed by atoms with Crippen LogP contribution in [0.25, 0.3) is 0 Å². The van der Waals surface area contributed by atoms with Crippen molar-refractivity contribution in [3.05, 3.63) is 12.2 Å². The summed E-state index contributed by atoms with van der Waals surface area (Å²) in [5.74, 6) is 0. The molecule has 0 fully saturated rings. The van der Waals surface area contributed by atoms with Crippen LogP contribution in [0.2, 0.25) is 0 Å². The topological polar surface area (TPSA) is 0 Å². The number of hydrogen-bond acceptors (Lipinski definition) is 1. The quantitative estimate of drug-likeness (QED) is 0.376. The van der Waals surface area contributed by atoms with Crippen molar-refractivity contribution >= 4 is 17.6 Å². The Labute approximate surface area is 43.9 Å². The predicted molar refractivity (Wildman–Crippen MR) is 32.0 cm³/mol. The summed E-state index contributed by atoms with van der Waals surface area (Å²) >= 11 is 4.42. The lowest BCUT2D eigenvalue weighted by atomic mass is 10.4. The van der Waals surface area contributed by atoms with Crippen LogP contribution >= 0.6 is 12.2 Å². The van der Waals surface area contributed by atoms with Gasteiger partial charge in [-0.05, 0) is 6.92 Å². The van der Waals surface area contributed by atoms with Crippen molar-refractivity contribution in [2.75, 3.05) is 0 Å². The van der Waals surface area contributed by atoms with E-state index in [1.54, 1.807) is 0 Å². The van der Waals surface area contributed by atoms with Crippen molar-refractivity contribution in [3.63, 3.8) is 0 Å². The van der Waals surface area contributed by atoms with Gasteiger partial charge in [-0.3, -0.25) is 0 Å². The van der Waals surface area contributed by atoms with Gasteiger partial charge in [0.15, 0.2) is 0 Å². The maximum atomic E-state index is 4.42. The largest absolute Gasteiger partial charge is 0.0913 e. The van der Waals surface area contributed by atoms with Crippen molar-refractivity contribution in [3.8, 4) is 0 Å². The van der Waals surface area contributed by atoms with Crippen molar-refractivity contribution < 1.29 is 0 Å². The van der Waals surface area contributed by atoms with E-state index in [9.17, 15) is 0 Å². The third kappa shape index (κ3) is 3.83. The molecule has 0 heterocycles. The van der Waals surface area contributed by atoms with Crippen LogP contribution in [-0.4, -0.2) is 5.37 Å². The molecule has 0 amide bonds. The molecule has 0 saturated carbocycles. The SMILES string of the molecule is CC=CC[C]=S. The highest BCUT2D eigenvalue weighted by Gasteiger charge is 1.61. The fourth-order valence-electron chi connectivity index (χ4n) is 0.166. The molecule has 0 nitrogen and oxygen atoms in total. The summed E-state index contributed by atoms with van der Waals surface area (Å²) in [6.45, 7) is 1.96. The number of rotatable bonds is 2.